The lowest BCUT2D eigenvalue weighted by Gasteiger charge is -2.10. The molecule has 0 saturated carbocycles. The number of sulfone groups is 1. The molecule has 1 aromatic heterocycles. The Labute approximate surface area is 102 Å². The molecule has 2 N–H and O–H groups in total. The molecule has 1 unspecified atom stereocenters. The van der Waals surface area contributed by atoms with E-state index in [0.29, 0.717) is 6.42 Å². The van der Waals surface area contributed by atoms with Crippen molar-refractivity contribution in [3.63, 3.8) is 0 Å². The zero-order valence-corrected chi connectivity index (χ0v) is 11.4. The molecule has 1 rings (SSSR count). The zero-order chi connectivity index (χ0) is 12.2. The Morgan fingerprint density at radius 1 is 1.50 bits per heavy atom. The molecule has 0 radical (unpaired) electrons. The van der Waals surface area contributed by atoms with Gasteiger partial charge in [-0.2, -0.15) is 0 Å². The largest absolute Gasteiger partial charge is 0.323 e. The standard InChI is InChI=1S/C11H19NO2S2/c1-3-16(13,14)8-4-5-10(12)11-9(2)6-7-15-11/h6-7,10H,3-5,8,12H2,1-2H3. The lowest BCUT2D eigenvalue weighted by molar-refractivity contribution is 0.585. The van der Waals surface area contributed by atoms with Gasteiger partial charge in [0, 0.05) is 16.7 Å². The molecule has 16 heavy (non-hydrogen) atoms. The third kappa shape index (κ3) is 3.88. The van der Waals surface area contributed by atoms with Crippen LogP contribution in [-0.2, 0) is 9.84 Å². The summed E-state index contributed by atoms with van der Waals surface area (Å²) >= 11 is 1.65. The number of rotatable bonds is 6. The van der Waals surface area contributed by atoms with Crippen LogP contribution in [0.25, 0.3) is 0 Å². The van der Waals surface area contributed by atoms with Gasteiger partial charge >= 0.3 is 0 Å². The molecular formula is C11H19NO2S2. The maximum absolute atomic E-state index is 11.3. The lowest BCUT2D eigenvalue weighted by Crippen LogP contribution is -2.14. The van der Waals surface area contributed by atoms with Crippen LogP contribution < -0.4 is 5.73 Å². The Hall–Kier alpha value is -0.390. The van der Waals surface area contributed by atoms with Gasteiger partial charge in [0.1, 0.15) is 9.84 Å². The van der Waals surface area contributed by atoms with E-state index < -0.39 is 9.84 Å². The molecule has 0 amide bonds. The first-order valence-electron chi connectivity index (χ1n) is 5.46. The van der Waals surface area contributed by atoms with Gasteiger partial charge in [-0.05, 0) is 36.8 Å². The molecule has 0 aromatic carbocycles. The SMILES string of the molecule is CCS(=O)(=O)CCCC(N)c1sccc1C. The van der Waals surface area contributed by atoms with Crippen LogP contribution >= 0.6 is 11.3 Å². The van der Waals surface area contributed by atoms with E-state index in [4.69, 9.17) is 5.73 Å². The highest BCUT2D eigenvalue weighted by atomic mass is 32.2. The molecule has 0 aliphatic carbocycles. The van der Waals surface area contributed by atoms with Crippen molar-refractivity contribution >= 4 is 21.2 Å². The minimum absolute atomic E-state index is 0.0212. The molecule has 1 heterocycles. The van der Waals surface area contributed by atoms with Crippen LogP contribution in [0.4, 0.5) is 0 Å². The van der Waals surface area contributed by atoms with E-state index in [1.807, 2.05) is 18.4 Å². The molecule has 0 aliphatic rings. The molecule has 0 saturated heterocycles. The van der Waals surface area contributed by atoms with E-state index >= 15 is 0 Å². The minimum Gasteiger partial charge on any atom is -0.323 e. The van der Waals surface area contributed by atoms with Crippen LogP contribution in [0.2, 0.25) is 0 Å². The van der Waals surface area contributed by atoms with E-state index in [0.717, 1.165) is 6.42 Å². The molecule has 1 aromatic rings. The summed E-state index contributed by atoms with van der Waals surface area (Å²) in [6.45, 7) is 3.72. The molecule has 0 fully saturated rings. The van der Waals surface area contributed by atoms with Gasteiger partial charge in [-0.25, -0.2) is 8.42 Å². The van der Waals surface area contributed by atoms with Crippen molar-refractivity contribution in [1.29, 1.82) is 0 Å². The van der Waals surface area contributed by atoms with Gasteiger partial charge in [0.25, 0.3) is 0 Å². The first kappa shape index (κ1) is 13.7. The smallest absolute Gasteiger partial charge is 0.150 e. The maximum Gasteiger partial charge on any atom is 0.150 e. The fraction of sp³-hybridized carbons (Fsp3) is 0.636. The molecule has 92 valence electrons. The molecule has 1 atom stereocenters. The van der Waals surface area contributed by atoms with Crippen molar-refractivity contribution in [2.24, 2.45) is 5.73 Å². The highest BCUT2D eigenvalue weighted by Gasteiger charge is 2.12. The van der Waals surface area contributed by atoms with Gasteiger partial charge in [0.15, 0.2) is 0 Å². The van der Waals surface area contributed by atoms with Crippen LogP contribution in [0, 0.1) is 6.92 Å². The number of aryl methyl sites for hydroxylation is 1. The van der Waals surface area contributed by atoms with Gasteiger partial charge in [-0.15, -0.1) is 11.3 Å². The fourth-order valence-electron chi connectivity index (χ4n) is 1.56. The van der Waals surface area contributed by atoms with Gasteiger partial charge in [-0.1, -0.05) is 6.92 Å². The Balaban J connectivity index is 2.43. The second kappa shape index (κ2) is 5.80. The Morgan fingerprint density at radius 2 is 2.19 bits per heavy atom. The fourth-order valence-corrected chi connectivity index (χ4v) is 3.42. The second-order valence-electron chi connectivity index (χ2n) is 3.95. The summed E-state index contributed by atoms with van der Waals surface area (Å²) in [6.07, 6.45) is 1.38. The van der Waals surface area contributed by atoms with Crippen LogP contribution in [-0.4, -0.2) is 19.9 Å². The highest BCUT2D eigenvalue weighted by Crippen LogP contribution is 2.25. The van der Waals surface area contributed by atoms with Crippen molar-refractivity contribution in [2.45, 2.75) is 32.7 Å². The molecule has 0 bridgehead atoms. The van der Waals surface area contributed by atoms with E-state index in [9.17, 15) is 8.42 Å². The summed E-state index contributed by atoms with van der Waals surface area (Å²) in [4.78, 5) is 1.17. The normalized spacial score (nSPS) is 13.9. The van der Waals surface area contributed by atoms with Crippen molar-refractivity contribution < 1.29 is 8.42 Å². The minimum atomic E-state index is -2.85. The number of hydrogen-bond acceptors (Lipinski definition) is 4. The van der Waals surface area contributed by atoms with E-state index in [2.05, 4.69) is 0 Å². The summed E-state index contributed by atoms with van der Waals surface area (Å²) in [7, 11) is -2.85. The van der Waals surface area contributed by atoms with E-state index in [-0.39, 0.29) is 17.5 Å². The average Bonchev–Trinajstić information content (AvgIpc) is 2.64. The summed E-state index contributed by atoms with van der Waals surface area (Å²) in [5.41, 5.74) is 7.23. The van der Waals surface area contributed by atoms with Crippen molar-refractivity contribution in [3.05, 3.63) is 21.9 Å². The van der Waals surface area contributed by atoms with Crippen molar-refractivity contribution in [3.8, 4) is 0 Å². The van der Waals surface area contributed by atoms with Crippen LogP contribution in [0.15, 0.2) is 11.4 Å². The summed E-state index contributed by atoms with van der Waals surface area (Å²) < 4.78 is 22.6. The molecular weight excluding hydrogens is 242 g/mol. The van der Waals surface area contributed by atoms with Gasteiger partial charge < -0.3 is 5.73 Å². The summed E-state index contributed by atoms with van der Waals surface area (Å²) in [6, 6.07) is 2.02. The quantitative estimate of drug-likeness (QED) is 0.854. The summed E-state index contributed by atoms with van der Waals surface area (Å²) in [5, 5.41) is 2.02. The number of nitrogens with two attached hydrogens (primary N) is 1. The Kier molecular flexibility index (Phi) is 4.95. The van der Waals surface area contributed by atoms with Gasteiger partial charge in [-0.3, -0.25) is 0 Å². The molecule has 0 spiro atoms. The predicted octanol–water partition coefficient (Wildman–Crippen LogP) is 2.27. The van der Waals surface area contributed by atoms with Gasteiger partial charge in [0.2, 0.25) is 0 Å². The topological polar surface area (TPSA) is 60.2 Å². The first-order valence-corrected chi connectivity index (χ1v) is 8.16. The highest BCUT2D eigenvalue weighted by molar-refractivity contribution is 7.91. The number of hydrogen-bond donors (Lipinski definition) is 1. The molecule has 5 heteroatoms. The predicted molar refractivity (Wildman–Crippen MR) is 69.5 cm³/mol. The second-order valence-corrected chi connectivity index (χ2v) is 7.37. The summed E-state index contributed by atoms with van der Waals surface area (Å²) in [5.74, 6) is 0.474. The Bertz CT molecular complexity index is 423. The zero-order valence-electron chi connectivity index (χ0n) is 9.77. The van der Waals surface area contributed by atoms with E-state index in [1.54, 1.807) is 18.3 Å². The average molecular weight is 261 g/mol. The monoisotopic (exact) mass is 261 g/mol. The van der Waals surface area contributed by atoms with Crippen LogP contribution in [0.3, 0.4) is 0 Å². The third-order valence-corrected chi connectivity index (χ3v) is 5.59. The Morgan fingerprint density at radius 3 is 2.69 bits per heavy atom. The lowest BCUT2D eigenvalue weighted by atomic mass is 10.1. The van der Waals surface area contributed by atoms with Crippen molar-refractivity contribution in [2.75, 3.05) is 11.5 Å². The van der Waals surface area contributed by atoms with E-state index in [1.165, 1.54) is 10.4 Å². The van der Waals surface area contributed by atoms with Crippen molar-refractivity contribution in [1.82, 2.24) is 0 Å². The van der Waals surface area contributed by atoms with Crippen LogP contribution in [0.5, 0.6) is 0 Å². The molecule has 3 nitrogen and oxygen atoms in total. The number of thiophene rings is 1. The first-order chi connectivity index (χ1) is 7.46. The molecule has 0 aliphatic heterocycles. The third-order valence-electron chi connectivity index (χ3n) is 2.65. The maximum atomic E-state index is 11.3. The van der Waals surface area contributed by atoms with Gasteiger partial charge in [0.05, 0.1) is 5.75 Å². The van der Waals surface area contributed by atoms with Crippen LogP contribution in [0.1, 0.15) is 36.2 Å².